The van der Waals surface area contributed by atoms with Crippen LogP contribution < -0.4 is 10.0 Å². The molecule has 1 aromatic rings. The van der Waals surface area contributed by atoms with Crippen LogP contribution >= 0.6 is 11.6 Å². The van der Waals surface area contributed by atoms with E-state index in [-0.39, 0.29) is 10.7 Å². The van der Waals surface area contributed by atoms with Gasteiger partial charge in [0.1, 0.15) is 5.82 Å². The van der Waals surface area contributed by atoms with Crippen molar-refractivity contribution in [3.05, 3.63) is 29.0 Å². The summed E-state index contributed by atoms with van der Waals surface area (Å²) in [7, 11) is -1.82. The fraction of sp³-hybridized carbons (Fsp3) is 0.538. The topological polar surface area (TPSA) is 61.4 Å². The van der Waals surface area contributed by atoms with Crippen LogP contribution in [0.15, 0.2) is 18.2 Å². The number of hydrogen-bond acceptors (Lipinski definition) is 3. The number of nitrogens with one attached hydrogen (secondary N) is 2. The van der Waals surface area contributed by atoms with Crippen molar-refractivity contribution in [3.63, 3.8) is 0 Å². The second kappa shape index (κ2) is 6.91. The first-order valence-electron chi connectivity index (χ1n) is 6.80. The minimum Gasteiger partial charge on any atom is -0.319 e. The molecule has 118 valence electrons. The van der Waals surface area contributed by atoms with Crippen LogP contribution in [0.3, 0.4) is 0 Å². The third-order valence-electron chi connectivity index (χ3n) is 3.48. The summed E-state index contributed by atoms with van der Waals surface area (Å²) in [6, 6.07) is 3.85. The van der Waals surface area contributed by atoms with Crippen LogP contribution in [0.5, 0.6) is 0 Å². The van der Waals surface area contributed by atoms with Crippen molar-refractivity contribution >= 4 is 27.5 Å². The fourth-order valence-corrected chi connectivity index (χ4v) is 3.92. The molecule has 1 atom stereocenters. The molecule has 2 rings (SSSR count). The van der Waals surface area contributed by atoms with Gasteiger partial charge in [0.25, 0.3) is 0 Å². The molecule has 1 aliphatic heterocycles. The summed E-state index contributed by atoms with van der Waals surface area (Å²) >= 11 is 5.58. The summed E-state index contributed by atoms with van der Waals surface area (Å²) in [4.78, 5) is 0. The number of benzene rings is 1. The molecule has 0 saturated carbocycles. The second-order valence-electron chi connectivity index (χ2n) is 5.16. The number of anilines is 1. The number of hydrogen-bond donors (Lipinski definition) is 2. The molecular formula is C13H19ClFN3O2S. The quantitative estimate of drug-likeness (QED) is 0.866. The maximum absolute atomic E-state index is 13.4. The van der Waals surface area contributed by atoms with Crippen molar-refractivity contribution in [1.82, 2.24) is 9.62 Å². The molecule has 0 spiro atoms. The molecule has 0 amide bonds. The predicted octanol–water partition coefficient (Wildman–Crippen LogP) is 2.07. The van der Waals surface area contributed by atoms with Crippen LogP contribution in [0.4, 0.5) is 10.1 Å². The summed E-state index contributed by atoms with van der Waals surface area (Å²) in [5, 5.41) is 3.03. The van der Waals surface area contributed by atoms with Gasteiger partial charge in [-0.1, -0.05) is 11.6 Å². The first-order chi connectivity index (χ1) is 9.92. The molecule has 21 heavy (non-hydrogen) atoms. The zero-order chi connectivity index (χ0) is 15.5. The lowest BCUT2D eigenvalue weighted by atomic mass is 10.00. The smallest absolute Gasteiger partial charge is 0.301 e. The maximum atomic E-state index is 13.4. The van der Waals surface area contributed by atoms with Crippen molar-refractivity contribution in [2.45, 2.75) is 12.8 Å². The van der Waals surface area contributed by atoms with E-state index in [2.05, 4.69) is 10.0 Å². The Labute approximate surface area is 129 Å². The predicted molar refractivity (Wildman–Crippen MR) is 82.2 cm³/mol. The highest BCUT2D eigenvalue weighted by Crippen LogP contribution is 2.23. The highest BCUT2D eigenvalue weighted by molar-refractivity contribution is 7.90. The highest BCUT2D eigenvalue weighted by atomic mass is 35.5. The first kappa shape index (κ1) is 16.5. The molecule has 5 nitrogen and oxygen atoms in total. The lowest BCUT2D eigenvalue weighted by Gasteiger charge is -2.31. The number of piperidine rings is 1. The largest absolute Gasteiger partial charge is 0.319 e. The minimum absolute atomic E-state index is 0.0370. The minimum atomic E-state index is -3.67. The van der Waals surface area contributed by atoms with Crippen molar-refractivity contribution in [2.75, 3.05) is 31.4 Å². The van der Waals surface area contributed by atoms with E-state index in [0.717, 1.165) is 25.5 Å². The Morgan fingerprint density at radius 1 is 1.48 bits per heavy atom. The molecule has 8 heteroatoms. The maximum Gasteiger partial charge on any atom is 0.301 e. The molecule has 2 N–H and O–H groups in total. The highest BCUT2D eigenvalue weighted by Gasteiger charge is 2.28. The van der Waals surface area contributed by atoms with Gasteiger partial charge >= 0.3 is 10.2 Å². The summed E-state index contributed by atoms with van der Waals surface area (Å²) in [5.74, 6) is -0.356. The zero-order valence-corrected chi connectivity index (χ0v) is 13.3. The molecule has 1 unspecified atom stereocenters. The summed E-state index contributed by atoms with van der Waals surface area (Å²) in [6.45, 7) is 1.72. The molecule has 1 heterocycles. The van der Waals surface area contributed by atoms with Gasteiger partial charge in [-0.15, -0.1) is 0 Å². The van der Waals surface area contributed by atoms with Gasteiger partial charge in [-0.25, -0.2) is 4.39 Å². The second-order valence-corrected chi connectivity index (χ2v) is 7.24. The van der Waals surface area contributed by atoms with E-state index < -0.39 is 16.0 Å². The van der Waals surface area contributed by atoms with Gasteiger partial charge in [0.2, 0.25) is 0 Å². The van der Waals surface area contributed by atoms with Gasteiger partial charge in [-0.05, 0) is 50.6 Å². The van der Waals surface area contributed by atoms with Crippen LogP contribution in [-0.2, 0) is 10.2 Å². The number of halogens is 2. The van der Waals surface area contributed by atoms with Crippen LogP contribution in [-0.4, -0.2) is 39.4 Å². The number of nitrogens with zero attached hydrogens (tertiary/aromatic N) is 1. The first-order valence-corrected chi connectivity index (χ1v) is 8.61. The van der Waals surface area contributed by atoms with E-state index in [9.17, 15) is 12.8 Å². The Hall–Kier alpha value is -0.890. The molecule has 0 aliphatic carbocycles. The van der Waals surface area contributed by atoms with Gasteiger partial charge in [0.15, 0.2) is 0 Å². The normalized spacial score (nSPS) is 20.4. The van der Waals surface area contributed by atoms with E-state index in [1.807, 2.05) is 7.05 Å². The van der Waals surface area contributed by atoms with Gasteiger partial charge in [0.05, 0.1) is 10.7 Å². The summed E-state index contributed by atoms with van der Waals surface area (Å²) in [5.41, 5.74) is 0.174. The third kappa shape index (κ3) is 4.29. The van der Waals surface area contributed by atoms with E-state index in [1.165, 1.54) is 16.4 Å². The lowest BCUT2D eigenvalue weighted by Crippen LogP contribution is -2.44. The lowest BCUT2D eigenvalue weighted by molar-refractivity contribution is 0.264. The standard InChI is InChI=1S/C13H19ClFN3O2S/c1-16-8-10-3-2-6-18(9-10)21(19,20)17-11-4-5-12(14)13(15)7-11/h4-5,7,10,16-17H,2-3,6,8-9H2,1H3. The average molecular weight is 336 g/mol. The molecule has 0 bridgehead atoms. The van der Waals surface area contributed by atoms with Crippen LogP contribution in [0.1, 0.15) is 12.8 Å². The van der Waals surface area contributed by atoms with E-state index in [0.29, 0.717) is 19.0 Å². The van der Waals surface area contributed by atoms with E-state index in [4.69, 9.17) is 11.6 Å². The molecular weight excluding hydrogens is 317 g/mol. The fourth-order valence-electron chi connectivity index (χ4n) is 2.47. The zero-order valence-electron chi connectivity index (χ0n) is 11.8. The van der Waals surface area contributed by atoms with Gasteiger partial charge in [-0.2, -0.15) is 12.7 Å². The monoisotopic (exact) mass is 335 g/mol. The SMILES string of the molecule is CNCC1CCCN(S(=O)(=O)Nc2ccc(Cl)c(F)c2)C1. The molecule has 0 radical (unpaired) electrons. The van der Waals surface area contributed by atoms with Crippen LogP contribution in [0.25, 0.3) is 0 Å². The Balaban J connectivity index is 2.08. The van der Waals surface area contributed by atoms with Gasteiger partial charge in [0, 0.05) is 13.1 Å². The van der Waals surface area contributed by atoms with Gasteiger partial charge < -0.3 is 5.32 Å². The molecule has 1 saturated heterocycles. The number of rotatable bonds is 5. The van der Waals surface area contributed by atoms with Crippen molar-refractivity contribution < 1.29 is 12.8 Å². The van der Waals surface area contributed by atoms with Crippen molar-refractivity contribution in [3.8, 4) is 0 Å². The van der Waals surface area contributed by atoms with E-state index >= 15 is 0 Å². The third-order valence-corrected chi connectivity index (χ3v) is 5.29. The Kier molecular flexibility index (Phi) is 5.43. The summed E-state index contributed by atoms with van der Waals surface area (Å²) in [6.07, 6.45) is 1.82. The molecule has 1 aromatic carbocycles. The summed E-state index contributed by atoms with van der Waals surface area (Å²) < 4.78 is 41.9. The Bertz CT molecular complexity index is 595. The van der Waals surface area contributed by atoms with Gasteiger partial charge in [-0.3, -0.25) is 4.72 Å². The van der Waals surface area contributed by atoms with Crippen molar-refractivity contribution in [1.29, 1.82) is 0 Å². The Morgan fingerprint density at radius 2 is 2.24 bits per heavy atom. The van der Waals surface area contributed by atoms with Crippen LogP contribution in [0, 0.1) is 11.7 Å². The van der Waals surface area contributed by atoms with Crippen LogP contribution in [0.2, 0.25) is 5.02 Å². The Morgan fingerprint density at radius 3 is 2.90 bits per heavy atom. The average Bonchev–Trinajstić information content (AvgIpc) is 2.43. The van der Waals surface area contributed by atoms with Crippen molar-refractivity contribution in [2.24, 2.45) is 5.92 Å². The molecule has 1 aliphatic rings. The van der Waals surface area contributed by atoms with E-state index in [1.54, 1.807) is 0 Å². The molecule has 1 fully saturated rings. The molecule has 0 aromatic heterocycles.